The van der Waals surface area contributed by atoms with Crippen LogP contribution in [0.25, 0.3) is 0 Å². The third kappa shape index (κ3) is 44.1. The van der Waals surface area contributed by atoms with E-state index in [-0.39, 0.29) is 38.4 Å². The van der Waals surface area contributed by atoms with Crippen LogP contribution in [0.3, 0.4) is 0 Å². The van der Waals surface area contributed by atoms with E-state index in [4.69, 9.17) is 52.1 Å². The zero-order valence-corrected chi connectivity index (χ0v) is 85.9. The van der Waals surface area contributed by atoms with Gasteiger partial charge in [-0.15, -0.1) is 0 Å². The fraction of sp³-hybridized carbons (Fsp3) is 0.670. The standard InChI is InChI=1S/C97H137F10IN4O25/c1-85(2,3)130-62(116)32-41-94(40-28-52-127-93(25,26)108,42-33-63(117)131-86(4,5)6)109-59(113)29-49-97(50-30-60(114)110-95(43-34-64(118)132-87(7,8)9,44-35-65(119)133-88(10,11)12)45-36-66(120)134-89(13,14)15,51-31-61(115)111-96(46-37-67(121)135-90(16,17)18,47-38-68(122)136-91(19,20)21)48-39-69(123)137-92(22,23)24)112(27)82(124)56-53-57(83(125)128-80-76(104)72(100)70(98)73(101)77(80)105)55-58(54-56)84(126)129-81-78(106)74(102)71(99)75(103)79(81)107/h53-55H,28-52H2,1-27H3,(H,109,113)(H,110,114)(H,111,115). The first-order chi connectivity index (χ1) is 62.1. The number of hydrogen-bond donors (Lipinski definition) is 3. The van der Waals surface area contributed by atoms with Crippen molar-refractivity contribution in [3.63, 3.8) is 0 Å². The van der Waals surface area contributed by atoms with Crippen LogP contribution in [-0.4, -0.2) is 172 Å². The predicted molar refractivity (Wildman–Crippen MR) is 488 cm³/mol. The van der Waals surface area contributed by atoms with Crippen molar-refractivity contribution < 1.29 is 163 Å². The molecule has 3 aromatic rings. The summed E-state index contributed by atoms with van der Waals surface area (Å²) in [4.78, 5) is 206. The molecule has 0 atom stereocenters. The maximum atomic E-state index is 16.6. The Hall–Kier alpha value is -9.77. The average Bonchev–Trinajstić information content (AvgIpc) is 0.768. The van der Waals surface area contributed by atoms with Crippen LogP contribution in [-0.2, 0) is 95.4 Å². The second-order valence-electron chi connectivity index (χ2n) is 42.5. The number of amides is 4. The van der Waals surface area contributed by atoms with Gasteiger partial charge in [-0.05, 0) is 304 Å². The van der Waals surface area contributed by atoms with E-state index >= 15 is 36.7 Å². The molecule has 0 fully saturated rings. The quantitative estimate of drug-likeness (QED) is 0.00544. The maximum Gasteiger partial charge on any atom is 0.343 e. The first-order valence-electron chi connectivity index (χ1n) is 45.0. The smallest absolute Gasteiger partial charge is 0.343 e. The van der Waals surface area contributed by atoms with Gasteiger partial charge < -0.3 is 73.0 Å². The molecule has 772 valence electrons. The summed E-state index contributed by atoms with van der Waals surface area (Å²) >= 11 is 2.03. The van der Waals surface area contributed by atoms with E-state index in [9.17, 15) is 74.3 Å². The summed E-state index contributed by atoms with van der Waals surface area (Å²) in [6, 6.07) is 1.06. The van der Waals surface area contributed by atoms with E-state index in [1.54, 1.807) is 180 Å². The van der Waals surface area contributed by atoms with Gasteiger partial charge in [0.05, 0.1) is 11.1 Å². The fourth-order valence-electron chi connectivity index (χ4n) is 14.3. The molecule has 0 aromatic heterocycles. The van der Waals surface area contributed by atoms with E-state index in [0.29, 0.717) is 17.0 Å². The van der Waals surface area contributed by atoms with Crippen molar-refractivity contribution >= 4 is 106 Å². The molecule has 137 heavy (non-hydrogen) atoms. The van der Waals surface area contributed by atoms with Gasteiger partial charge in [0, 0.05) is 112 Å². The Morgan fingerprint density at radius 2 is 0.467 bits per heavy atom. The number of benzene rings is 3. The van der Waals surface area contributed by atoms with E-state index in [0.717, 1.165) is 7.05 Å². The number of carbonyl (C=O) groups excluding carboxylic acids is 14. The summed E-state index contributed by atoms with van der Waals surface area (Å²) in [6.07, 6.45) is -12.7. The van der Waals surface area contributed by atoms with E-state index < -0.39 is 369 Å². The molecule has 0 saturated heterocycles. The Balaban J connectivity index is 2.92. The lowest BCUT2D eigenvalue weighted by Crippen LogP contribution is -2.54. The van der Waals surface area contributed by atoms with E-state index in [1.807, 2.05) is 22.6 Å². The maximum absolute atomic E-state index is 16.6. The van der Waals surface area contributed by atoms with Gasteiger partial charge in [-0.1, -0.05) is 0 Å². The minimum Gasteiger partial charge on any atom is -0.460 e. The van der Waals surface area contributed by atoms with Crippen LogP contribution in [0.4, 0.5) is 43.9 Å². The molecule has 0 radical (unpaired) electrons. The molecule has 0 unspecified atom stereocenters. The number of hydrogen-bond acceptors (Lipinski definition) is 25. The molecule has 0 heterocycles. The number of rotatable bonds is 47. The number of carbonyl (C=O) groups is 14. The van der Waals surface area contributed by atoms with Crippen LogP contribution in [0, 0.1) is 58.2 Å². The zero-order chi connectivity index (χ0) is 106. The summed E-state index contributed by atoms with van der Waals surface area (Å²) in [6.45, 7) is 41.2. The second kappa shape index (κ2) is 49.4. The monoisotopic (exact) mass is 2070 g/mol. The number of nitrogens with one attached hydrogen (secondary N) is 3. The Bertz CT molecular complexity index is 4350. The lowest BCUT2D eigenvalue weighted by Gasteiger charge is -2.44. The highest BCUT2D eigenvalue weighted by molar-refractivity contribution is 14.1. The van der Waals surface area contributed by atoms with E-state index in [1.165, 1.54) is 0 Å². The zero-order valence-electron chi connectivity index (χ0n) is 83.7. The molecule has 0 bridgehead atoms. The largest absolute Gasteiger partial charge is 0.460 e. The molecule has 0 aliphatic heterocycles. The molecule has 0 aliphatic rings. The first-order valence-corrected chi connectivity index (χ1v) is 46.1. The van der Waals surface area contributed by atoms with Gasteiger partial charge in [0.25, 0.3) is 5.91 Å². The first kappa shape index (κ1) is 121. The molecule has 0 spiro atoms. The Morgan fingerprint density at radius 3 is 0.664 bits per heavy atom. The summed E-state index contributed by atoms with van der Waals surface area (Å²) in [5.74, 6) is -47.9. The molecule has 0 saturated carbocycles. The predicted octanol–water partition coefficient (Wildman–Crippen LogP) is 19.2. The van der Waals surface area contributed by atoms with Crippen molar-refractivity contribution in [2.24, 2.45) is 0 Å². The van der Waals surface area contributed by atoms with Crippen molar-refractivity contribution in [3.8, 4) is 11.5 Å². The van der Waals surface area contributed by atoms with Crippen LogP contribution >= 0.6 is 22.6 Å². The van der Waals surface area contributed by atoms with Crippen LogP contribution in [0.15, 0.2) is 18.2 Å². The highest BCUT2D eigenvalue weighted by Crippen LogP contribution is 2.40. The summed E-state index contributed by atoms with van der Waals surface area (Å²) in [5.41, 5.74) is -20.6. The number of esters is 10. The summed E-state index contributed by atoms with van der Waals surface area (Å²) in [5, 5.41) is 8.85. The van der Waals surface area contributed by atoms with Crippen molar-refractivity contribution in [2.45, 2.75) is 405 Å². The highest BCUT2D eigenvalue weighted by atomic mass is 127. The van der Waals surface area contributed by atoms with Crippen molar-refractivity contribution in [2.75, 3.05) is 13.7 Å². The molecular weight excluding hydrogens is 1940 g/mol. The molecule has 3 aromatic carbocycles. The molecular formula is C97H137F10IN4O25. The van der Waals surface area contributed by atoms with Crippen LogP contribution in [0.2, 0.25) is 0 Å². The number of alkyl halides is 1. The summed E-state index contributed by atoms with van der Waals surface area (Å²) < 4.78 is 211. The molecule has 40 heteroatoms. The van der Waals surface area contributed by atoms with Gasteiger partial charge >= 0.3 is 59.7 Å². The number of halogens is 11. The van der Waals surface area contributed by atoms with Gasteiger partial charge in [0.1, 0.15) is 48.4 Å². The fourth-order valence-corrected chi connectivity index (χ4v) is 14.5. The SMILES string of the molecule is CN(C(=O)c1cc(C(=O)Oc2c(F)c(F)c(F)c(F)c2F)cc(C(=O)Oc2c(F)c(F)c(F)c(F)c2F)c1)C(CCC(=O)NC(CCCOC(C)(C)I)(CCC(=O)OC(C)(C)C)CCC(=O)OC(C)(C)C)(CCC(=O)NC(CCC(=O)OC(C)(C)C)(CCC(=O)OC(C)(C)C)CCC(=O)OC(C)(C)C)CCC(=O)NC(CCC(=O)OC(C)(C)C)(CCC(=O)OC(C)(C)C)CCC(=O)OC(C)(C)C. The number of nitrogens with zero attached hydrogens (tertiary/aromatic N) is 1. The van der Waals surface area contributed by atoms with Crippen molar-refractivity contribution in [1.29, 1.82) is 0 Å². The Morgan fingerprint density at radius 1 is 0.277 bits per heavy atom. The minimum absolute atomic E-state index is 0.00619. The molecule has 3 rings (SSSR count). The third-order valence-electron chi connectivity index (χ3n) is 20.1. The van der Waals surface area contributed by atoms with Crippen molar-refractivity contribution in [3.05, 3.63) is 93.1 Å². The van der Waals surface area contributed by atoms with Crippen LogP contribution < -0.4 is 25.4 Å². The average molecular weight is 2080 g/mol. The van der Waals surface area contributed by atoms with Gasteiger partial charge in [0.15, 0.2) is 0 Å². The van der Waals surface area contributed by atoms with E-state index in [2.05, 4.69) is 16.0 Å². The lowest BCUT2D eigenvalue weighted by atomic mass is 9.79. The number of ether oxygens (including phenoxy) is 11. The minimum atomic E-state index is -2.77. The van der Waals surface area contributed by atoms with Gasteiger partial charge in [-0.2, -0.15) is 17.6 Å². The second-order valence-corrected chi connectivity index (χ2v) is 45.1. The molecule has 3 N–H and O–H groups in total. The summed E-state index contributed by atoms with van der Waals surface area (Å²) in [7, 11) is 0.933. The molecule has 29 nitrogen and oxygen atoms in total. The lowest BCUT2D eigenvalue weighted by molar-refractivity contribution is -0.158. The molecule has 4 amide bonds. The normalized spacial score (nSPS) is 12.7. The third-order valence-corrected chi connectivity index (χ3v) is 20.4. The van der Waals surface area contributed by atoms with Gasteiger partial charge in [-0.3, -0.25) is 57.5 Å². The Kier molecular flexibility index (Phi) is 43.8. The van der Waals surface area contributed by atoms with Gasteiger partial charge in [-0.25, -0.2) is 35.9 Å². The topological polar surface area (TPSA) is 380 Å². The van der Waals surface area contributed by atoms with Crippen LogP contribution in [0.1, 0.15) is 365 Å². The van der Waals surface area contributed by atoms with Crippen molar-refractivity contribution in [1.82, 2.24) is 20.9 Å². The highest BCUT2D eigenvalue weighted by Gasteiger charge is 2.46. The Labute approximate surface area is 808 Å². The van der Waals surface area contributed by atoms with Crippen LogP contribution in [0.5, 0.6) is 11.5 Å². The molecule has 0 aliphatic carbocycles. The van der Waals surface area contributed by atoms with Gasteiger partial charge in [0.2, 0.25) is 87.4 Å².